The minimum absolute atomic E-state index is 0.00790. The van der Waals surface area contributed by atoms with E-state index in [1.54, 1.807) is 6.92 Å². The van der Waals surface area contributed by atoms with Gasteiger partial charge in [-0.15, -0.1) is 0 Å². The maximum absolute atomic E-state index is 11.6. The Morgan fingerprint density at radius 2 is 1.66 bits per heavy atom. The molecule has 4 aliphatic carbocycles. The number of carboxylic acid groups (broad SMARTS) is 2. The molecular weight excluding hydrogens is 408 g/mol. The zero-order valence-electron chi connectivity index (χ0n) is 19.6. The molecule has 0 aromatic heterocycles. The first-order chi connectivity index (χ1) is 15.0. The highest BCUT2D eigenvalue weighted by molar-refractivity contribution is 6.13. The van der Waals surface area contributed by atoms with Crippen LogP contribution in [0, 0.1) is 34.5 Å². The lowest BCUT2D eigenvalue weighted by Crippen LogP contribution is -2.50. The van der Waals surface area contributed by atoms with E-state index >= 15 is 0 Å². The van der Waals surface area contributed by atoms with E-state index in [9.17, 15) is 24.6 Å². The summed E-state index contributed by atoms with van der Waals surface area (Å²) in [7, 11) is 0. The van der Waals surface area contributed by atoms with E-state index in [0.717, 1.165) is 51.4 Å². The number of carbonyl (C=O) groups excluding carboxylic acids is 1. The summed E-state index contributed by atoms with van der Waals surface area (Å²) in [6.07, 6.45) is 10.2. The van der Waals surface area contributed by atoms with Crippen molar-refractivity contribution in [1.29, 1.82) is 0 Å². The van der Waals surface area contributed by atoms with E-state index in [2.05, 4.69) is 19.9 Å². The van der Waals surface area contributed by atoms with Gasteiger partial charge in [0, 0.05) is 13.3 Å². The molecule has 3 unspecified atom stereocenters. The van der Waals surface area contributed by atoms with Crippen molar-refractivity contribution in [3.05, 3.63) is 22.8 Å². The fourth-order valence-corrected chi connectivity index (χ4v) is 8.28. The molecule has 32 heavy (non-hydrogen) atoms. The van der Waals surface area contributed by atoms with Gasteiger partial charge >= 0.3 is 17.9 Å². The molecule has 4 rings (SSSR count). The lowest BCUT2D eigenvalue weighted by atomic mass is 9.47. The van der Waals surface area contributed by atoms with Crippen molar-refractivity contribution < 1.29 is 29.3 Å². The van der Waals surface area contributed by atoms with E-state index < -0.39 is 17.5 Å². The Balaban J connectivity index is 1.61. The zero-order chi connectivity index (χ0) is 23.4. The van der Waals surface area contributed by atoms with Crippen molar-refractivity contribution in [2.45, 2.75) is 85.2 Å². The molecule has 3 saturated carbocycles. The van der Waals surface area contributed by atoms with Crippen molar-refractivity contribution in [1.82, 2.24) is 0 Å². The van der Waals surface area contributed by atoms with Gasteiger partial charge in [-0.3, -0.25) is 4.79 Å². The largest absolute Gasteiger partial charge is 0.477 e. The van der Waals surface area contributed by atoms with Crippen LogP contribution in [-0.4, -0.2) is 34.2 Å². The van der Waals surface area contributed by atoms with Crippen molar-refractivity contribution in [2.75, 3.05) is 0 Å². The quantitative estimate of drug-likeness (QED) is 0.208. The summed E-state index contributed by atoms with van der Waals surface area (Å²) in [6.45, 7) is 7.87. The number of allylic oxidation sites excluding steroid dienone is 2. The first-order valence-corrected chi connectivity index (χ1v) is 12.0. The third-order valence-electron chi connectivity index (χ3n) is 9.74. The van der Waals surface area contributed by atoms with Gasteiger partial charge in [0.1, 0.15) is 11.7 Å². The van der Waals surface area contributed by atoms with Gasteiger partial charge in [0.05, 0.1) is 0 Å². The number of carboxylic acids is 2. The highest BCUT2D eigenvalue weighted by atomic mass is 16.5. The molecule has 2 N–H and O–H groups in total. The van der Waals surface area contributed by atoms with Gasteiger partial charge in [-0.05, 0) is 91.9 Å². The molecule has 4 aliphatic rings. The summed E-state index contributed by atoms with van der Waals surface area (Å²) in [6, 6.07) is 0. The molecule has 0 radical (unpaired) electrons. The summed E-state index contributed by atoms with van der Waals surface area (Å²) in [5.74, 6) is -1.26. The average molecular weight is 445 g/mol. The van der Waals surface area contributed by atoms with Crippen LogP contribution in [0.2, 0.25) is 0 Å². The number of fused-ring (bicyclic) bond motifs is 5. The van der Waals surface area contributed by atoms with Crippen molar-refractivity contribution in [2.24, 2.45) is 34.5 Å². The van der Waals surface area contributed by atoms with Gasteiger partial charge in [-0.1, -0.05) is 25.5 Å². The molecule has 176 valence electrons. The van der Waals surface area contributed by atoms with E-state index in [4.69, 9.17) is 4.74 Å². The summed E-state index contributed by atoms with van der Waals surface area (Å²) in [5.41, 5.74) is 1.62. The minimum Gasteiger partial charge on any atom is -0.477 e. The van der Waals surface area contributed by atoms with Crippen LogP contribution in [0.5, 0.6) is 0 Å². The second-order valence-electron chi connectivity index (χ2n) is 11.1. The molecule has 6 nitrogen and oxygen atoms in total. The second kappa shape index (κ2) is 8.03. The number of carbonyl (C=O) groups is 3. The fourth-order valence-electron chi connectivity index (χ4n) is 8.28. The van der Waals surface area contributed by atoms with Gasteiger partial charge in [0.25, 0.3) is 0 Å². The third kappa shape index (κ3) is 3.50. The molecule has 6 heteroatoms. The van der Waals surface area contributed by atoms with Crippen LogP contribution in [0.25, 0.3) is 0 Å². The Labute approximate surface area is 190 Å². The van der Waals surface area contributed by atoms with Gasteiger partial charge in [-0.2, -0.15) is 0 Å². The molecule has 0 bridgehead atoms. The number of aliphatic carboxylic acids is 2. The molecule has 0 spiro atoms. The van der Waals surface area contributed by atoms with E-state index in [-0.39, 0.29) is 28.8 Å². The fraction of sp³-hybridized carbons (Fsp3) is 0.731. The smallest absolute Gasteiger partial charge is 0.343 e. The topological polar surface area (TPSA) is 101 Å². The van der Waals surface area contributed by atoms with Gasteiger partial charge in [-0.25, -0.2) is 9.59 Å². The normalized spacial score (nSPS) is 40.2. The van der Waals surface area contributed by atoms with Crippen molar-refractivity contribution in [3.63, 3.8) is 0 Å². The summed E-state index contributed by atoms with van der Waals surface area (Å²) in [5, 5.41) is 19.0. The van der Waals surface area contributed by atoms with Crippen molar-refractivity contribution >= 4 is 17.9 Å². The van der Waals surface area contributed by atoms with Crippen LogP contribution in [0.4, 0.5) is 0 Å². The van der Waals surface area contributed by atoms with E-state index in [0.29, 0.717) is 23.3 Å². The van der Waals surface area contributed by atoms with E-state index in [1.807, 2.05) is 0 Å². The number of hydrogen-bond donors (Lipinski definition) is 2. The molecular formula is C26H36O6. The Kier molecular flexibility index (Phi) is 5.79. The van der Waals surface area contributed by atoms with Crippen LogP contribution >= 0.6 is 0 Å². The van der Waals surface area contributed by atoms with Crippen LogP contribution in [-0.2, 0) is 19.1 Å². The Morgan fingerprint density at radius 3 is 2.28 bits per heavy atom. The van der Waals surface area contributed by atoms with Crippen LogP contribution < -0.4 is 0 Å². The Morgan fingerprint density at radius 1 is 0.969 bits per heavy atom. The molecule has 0 saturated heterocycles. The first kappa shape index (κ1) is 23.1. The van der Waals surface area contributed by atoms with E-state index in [1.165, 1.54) is 12.5 Å². The highest BCUT2D eigenvalue weighted by Gasteiger charge is 2.59. The maximum Gasteiger partial charge on any atom is 0.343 e. The van der Waals surface area contributed by atoms with Crippen molar-refractivity contribution in [3.8, 4) is 0 Å². The Bertz CT molecular complexity index is 884. The maximum atomic E-state index is 11.6. The number of ether oxygens (including phenoxy) is 1. The molecule has 0 heterocycles. The Hall–Kier alpha value is -2.11. The third-order valence-corrected chi connectivity index (χ3v) is 9.74. The SMILES string of the molecule is CC(=O)O[C@H]1CC[C@@]2(C)C(=CCC3C2CC[C@@]2(C)C3CC[C@@H]2C(C)=C(C(=O)O)C(=O)O)C1. The standard InChI is InChI=1S/C26H36O6/c1-14(22(23(28)29)24(30)31)19-7-8-20-18-6-5-16-13-17(32-15(2)27)9-11-25(16,3)21(18)10-12-26(19,20)4/h5,17-21H,6-13H2,1-4H3,(H,28,29)(H,30,31)/t17-,18?,19+,20?,21?,25-,26+/m0/s1. The molecule has 0 aromatic rings. The molecule has 3 fully saturated rings. The predicted octanol–water partition coefficient (Wildman–Crippen LogP) is 4.98. The minimum atomic E-state index is -1.34. The number of esters is 1. The van der Waals surface area contributed by atoms with Gasteiger partial charge in [0.2, 0.25) is 0 Å². The predicted molar refractivity (Wildman–Crippen MR) is 119 cm³/mol. The highest BCUT2D eigenvalue weighted by Crippen LogP contribution is 2.67. The number of hydrogen-bond acceptors (Lipinski definition) is 4. The van der Waals surface area contributed by atoms with Crippen LogP contribution in [0.15, 0.2) is 22.8 Å². The summed E-state index contributed by atoms with van der Waals surface area (Å²) in [4.78, 5) is 34.7. The van der Waals surface area contributed by atoms with Gasteiger partial charge < -0.3 is 14.9 Å². The zero-order valence-corrected chi connectivity index (χ0v) is 19.6. The van der Waals surface area contributed by atoms with Crippen LogP contribution in [0.1, 0.15) is 79.1 Å². The average Bonchev–Trinajstić information content (AvgIpc) is 3.04. The molecule has 0 aromatic carbocycles. The lowest BCUT2D eigenvalue weighted by Gasteiger charge is -2.58. The second-order valence-corrected chi connectivity index (χ2v) is 11.1. The van der Waals surface area contributed by atoms with Gasteiger partial charge in [0.15, 0.2) is 0 Å². The summed E-state index contributed by atoms with van der Waals surface area (Å²) >= 11 is 0. The lowest BCUT2D eigenvalue weighted by molar-refractivity contribution is -0.149. The summed E-state index contributed by atoms with van der Waals surface area (Å²) < 4.78 is 5.53. The van der Waals surface area contributed by atoms with Crippen LogP contribution in [0.3, 0.4) is 0 Å². The molecule has 7 atom stereocenters. The first-order valence-electron chi connectivity index (χ1n) is 12.0. The molecule has 0 aliphatic heterocycles. The molecule has 0 amide bonds. The monoisotopic (exact) mass is 444 g/mol. The number of rotatable bonds is 4.